The van der Waals surface area contributed by atoms with Gasteiger partial charge in [0.2, 0.25) is 5.91 Å². The fourth-order valence-electron chi connectivity index (χ4n) is 2.61. The monoisotopic (exact) mass is 397 g/mol. The average Bonchev–Trinajstić information content (AvgIpc) is 3.27. The van der Waals surface area contributed by atoms with Crippen molar-refractivity contribution in [3.63, 3.8) is 0 Å². The standard InChI is InChI=1S/C18H19N7O4/c1-12-16(25(28)29)11-24(21-12)10-8-17(26)19-13-3-5-14(6-4-13)20-18(27)15-7-9-23(2)22-15/h3-7,9,11H,8,10H2,1-2H3,(H,19,26)(H,20,27). The number of amides is 2. The van der Waals surface area contributed by atoms with E-state index in [9.17, 15) is 19.7 Å². The summed E-state index contributed by atoms with van der Waals surface area (Å²) in [5.74, 6) is -0.586. The predicted molar refractivity (Wildman–Crippen MR) is 104 cm³/mol. The summed E-state index contributed by atoms with van der Waals surface area (Å²) >= 11 is 0. The molecule has 11 nitrogen and oxygen atoms in total. The first kappa shape index (κ1) is 19.7. The van der Waals surface area contributed by atoms with E-state index in [1.54, 1.807) is 50.5 Å². The minimum atomic E-state index is -0.507. The van der Waals surface area contributed by atoms with Gasteiger partial charge in [0.15, 0.2) is 5.69 Å². The third-order valence-corrected chi connectivity index (χ3v) is 4.06. The van der Waals surface area contributed by atoms with Crippen LogP contribution < -0.4 is 10.6 Å². The number of hydrogen-bond donors (Lipinski definition) is 2. The van der Waals surface area contributed by atoms with E-state index >= 15 is 0 Å². The number of nitro groups is 1. The van der Waals surface area contributed by atoms with Gasteiger partial charge in [0.05, 0.1) is 4.92 Å². The van der Waals surface area contributed by atoms with Gasteiger partial charge in [0.1, 0.15) is 11.9 Å². The van der Waals surface area contributed by atoms with Gasteiger partial charge in [0, 0.05) is 37.6 Å². The van der Waals surface area contributed by atoms with Crippen LogP contribution in [0.1, 0.15) is 22.6 Å². The second kappa shape index (κ2) is 8.33. The molecule has 150 valence electrons. The highest BCUT2D eigenvalue weighted by Crippen LogP contribution is 2.16. The third-order valence-electron chi connectivity index (χ3n) is 4.06. The van der Waals surface area contributed by atoms with Crippen LogP contribution in [0.3, 0.4) is 0 Å². The first-order valence-electron chi connectivity index (χ1n) is 8.71. The molecule has 0 aliphatic carbocycles. The molecule has 0 fully saturated rings. The molecule has 11 heteroatoms. The minimum Gasteiger partial charge on any atom is -0.326 e. The molecular weight excluding hydrogens is 378 g/mol. The molecule has 0 saturated carbocycles. The number of aromatic nitrogens is 4. The number of carbonyl (C=O) groups is 2. The molecule has 0 spiro atoms. The smallest absolute Gasteiger partial charge is 0.309 e. The number of nitrogens with zero attached hydrogens (tertiary/aromatic N) is 5. The van der Waals surface area contributed by atoms with Gasteiger partial charge in [-0.25, -0.2) is 0 Å². The van der Waals surface area contributed by atoms with Crippen molar-refractivity contribution in [2.45, 2.75) is 19.9 Å². The summed E-state index contributed by atoms with van der Waals surface area (Å²) in [6.45, 7) is 1.77. The van der Waals surface area contributed by atoms with Crippen LogP contribution in [0.2, 0.25) is 0 Å². The van der Waals surface area contributed by atoms with Crippen molar-refractivity contribution in [2.24, 2.45) is 7.05 Å². The van der Waals surface area contributed by atoms with E-state index < -0.39 is 4.92 Å². The second-order valence-corrected chi connectivity index (χ2v) is 6.32. The van der Waals surface area contributed by atoms with E-state index in [1.807, 2.05) is 0 Å². The molecule has 3 rings (SSSR count). The minimum absolute atomic E-state index is 0.0752. The van der Waals surface area contributed by atoms with Crippen LogP contribution in [0.25, 0.3) is 0 Å². The molecule has 2 aromatic heterocycles. The van der Waals surface area contributed by atoms with Crippen LogP contribution in [0.5, 0.6) is 0 Å². The van der Waals surface area contributed by atoms with Crippen molar-refractivity contribution < 1.29 is 14.5 Å². The van der Waals surface area contributed by atoms with Crippen LogP contribution >= 0.6 is 0 Å². The van der Waals surface area contributed by atoms with Gasteiger partial charge in [0.25, 0.3) is 5.91 Å². The molecule has 3 aromatic rings. The fraction of sp³-hybridized carbons (Fsp3) is 0.222. The van der Waals surface area contributed by atoms with Crippen molar-refractivity contribution in [2.75, 3.05) is 10.6 Å². The molecule has 0 aliphatic rings. The molecule has 0 aliphatic heterocycles. The summed E-state index contributed by atoms with van der Waals surface area (Å²) < 4.78 is 2.92. The zero-order valence-electron chi connectivity index (χ0n) is 15.8. The van der Waals surface area contributed by atoms with Gasteiger partial charge in [-0.2, -0.15) is 10.2 Å². The third kappa shape index (κ3) is 5.03. The van der Waals surface area contributed by atoms with Gasteiger partial charge >= 0.3 is 5.69 Å². The van der Waals surface area contributed by atoms with Crippen LogP contribution in [0.4, 0.5) is 17.1 Å². The average molecular weight is 397 g/mol. The van der Waals surface area contributed by atoms with Crippen molar-refractivity contribution in [1.82, 2.24) is 19.6 Å². The summed E-state index contributed by atoms with van der Waals surface area (Å²) in [6, 6.07) is 8.26. The number of rotatable bonds is 7. The Bertz CT molecular complexity index is 1050. The van der Waals surface area contributed by atoms with Crippen LogP contribution in [-0.2, 0) is 18.4 Å². The van der Waals surface area contributed by atoms with E-state index in [1.165, 1.54) is 15.6 Å². The zero-order chi connectivity index (χ0) is 21.0. The topological polar surface area (TPSA) is 137 Å². The number of hydrogen-bond acceptors (Lipinski definition) is 6. The molecule has 29 heavy (non-hydrogen) atoms. The Labute approximate surface area is 165 Å². The lowest BCUT2D eigenvalue weighted by Gasteiger charge is -2.07. The molecule has 0 atom stereocenters. The van der Waals surface area contributed by atoms with E-state index in [-0.39, 0.29) is 30.5 Å². The molecule has 1 aromatic carbocycles. The van der Waals surface area contributed by atoms with Gasteiger partial charge in [-0.1, -0.05) is 0 Å². The highest BCUT2D eigenvalue weighted by Gasteiger charge is 2.15. The van der Waals surface area contributed by atoms with Crippen molar-refractivity contribution in [1.29, 1.82) is 0 Å². The van der Waals surface area contributed by atoms with Gasteiger partial charge in [-0.15, -0.1) is 0 Å². The summed E-state index contributed by atoms with van der Waals surface area (Å²) in [5, 5.41) is 24.3. The van der Waals surface area contributed by atoms with E-state index in [0.29, 0.717) is 22.8 Å². The molecular formula is C18H19N7O4. The quantitative estimate of drug-likeness (QED) is 0.463. The lowest BCUT2D eigenvalue weighted by atomic mass is 10.2. The Morgan fingerprint density at radius 2 is 1.76 bits per heavy atom. The second-order valence-electron chi connectivity index (χ2n) is 6.32. The van der Waals surface area contributed by atoms with Crippen molar-refractivity contribution >= 4 is 28.9 Å². The number of nitrogens with one attached hydrogen (secondary N) is 2. The Morgan fingerprint density at radius 1 is 1.10 bits per heavy atom. The summed E-state index contributed by atoms with van der Waals surface area (Å²) in [4.78, 5) is 34.5. The molecule has 0 saturated heterocycles. The van der Waals surface area contributed by atoms with Crippen molar-refractivity contribution in [3.8, 4) is 0 Å². The van der Waals surface area contributed by atoms with Gasteiger partial charge in [-0.05, 0) is 37.3 Å². The molecule has 2 amide bonds. The van der Waals surface area contributed by atoms with Gasteiger partial charge < -0.3 is 10.6 Å². The van der Waals surface area contributed by atoms with Crippen LogP contribution in [0, 0.1) is 17.0 Å². The van der Waals surface area contributed by atoms with E-state index in [0.717, 1.165) is 0 Å². The van der Waals surface area contributed by atoms with Crippen LogP contribution in [-0.4, -0.2) is 36.3 Å². The number of aryl methyl sites for hydroxylation is 3. The van der Waals surface area contributed by atoms with Crippen LogP contribution in [0.15, 0.2) is 42.7 Å². The SMILES string of the molecule is Cc1nn(CCC(=O)Nc2ccc(NC(=O)c3ccn(C)n3)cc2)cc1[N+](=O)[O-]. The van der Waals surface area contributed by atoms with Gasteiger partial charge in [-0.3, -0.25) is 29.1 Å². The molecule has 0 bridgehead atoms. The first-order valence-corrected chi connectivity index (χ1v) is 8.71. The summed E-state index contributed by atoms with van der Waals surface area (Å²) in [7, 11) is 1.73. The lowest BCUT2D eigenvalue weighted by molar-refractivity contribution is -0.385. The summed E-state index contributed by atoms with van der Waals surface area (Å²) in [6.07, 6.45) is 3.09. The predicted octanol–water partition coefficient (Wildman–Crippen LogP) is 2.11. The number of benzene rings is 1. The lowest BCUT2D eigenvalue weighted by Crippen LogP contribution is -2.15. The maximum Gasteiger partial charge on any atom is 0.309 e. The Morgan fingerprint density at radius 3 is 2.31 bits per heavy atom. The largest absolute Gasteiger partial charge is 0.326 e. The maximum atomic E-state index is 12.1. The molecule has 0 unspecified atom stereocenters. The maximum absolute atomic E-state index is 12.1. The molecule has 2 N–H and O–H groups in total. The Balaban J connectivity index is 1.51. The molecule has 0 radical (unpaired) electrons. The summed E-state index contributed by atoms with van der Waals surface area (Å²) in [5.41, 5.74) is 1.66. The highest BCUT2D eigenvalue weighted by molar-refractivity contribution is 6.03. The zero-order valence-corrected chi connectivity index (χ0v) is 15.8. The Hall–Kier alpha value is -4.02. The number of anilines is 2. The normalized spacial score (nSPS) is 10.6. The van der Waals surface area contributed by atoms with E-state index in [2.05, 4.69) is 20.8 Å². The number of carbonyl (C=O) groups excluding carboxylic acids is 2. The molecule has 2 heterocycles. The van der Waals surface area contributed by atoms with Crippen molar-refractivity contribution in [3.05, 3.63) is 64.2 Å². The first-order chi connectivity index (χ1) is 13.8. The Kier molecular flexibility index (Phi) is 5.67. The highest BCUT2D eigenvalue weighted by atomic mass is 16.6. The fourth-order valence-corrected chi connectivity index (χ4v) is 2.61. The van der Waals surface area contributed by atoms with E-state index in [4.69, 9.17) is 0 Å².